The molecule has 1 aliphatic carbocycles. The van der Waals surface area contributed by atoms with E-state index in [4.69, 9.17) is 4.74 Å². The van der Waals surface area contributed by atoms with Gasteiger partial charge in [-0.3, -0.25) is 14.4 Å². The summed E-state index contributed by atoms with van der Waals surface area (Å²) in [5, 5.41) is 16.9. The summed E-state index contributed by atoms with van der Waals surface area (Å²) < 4.78 is 4.77. The zero-order chi connectivity index (χ0) is 30.1. The van der Waals surface area contributed by atoms with Crippen LogP contribution in [0.5, 0.6) is 5.75 Å². The molecule has 3 amide bonds. The van der Waals surface area contributed by atoms with Crippen molar-refractivity contribution in [1.82, 2.24) is 10.2 Å². The summed E-state index contributed by atoms with van der Waals surface area (Å²) in [6.07, 6.45) is 6.22. The molecule has 3 unspecified atom stereocenters. The predicted molar refractivity (Wildman–Crippen MR) is 171 cm³/mol. The predicted octanol–water partition coefficient (Wildman–Crippen LogP) is 4.54. The molecular formula is C33H40BrN3O5S. The van der Waals surface area contributed by atoms with Gasteiger partial charge >= 0.3 is 0 Å². The lowest BCUT2D eigenvalue weighted by atomic mass is 9.70. The normalized spacial score (nSPS) is 30.6. The number of carbonyl (C=O) groups is 3. The van der Waals surface area contributed by atoms with Crippen molar-refractivity contribution in [1.29, 1.82) is 0 Å². The maximum atomic E-state index is 14.6. The number of aliphatic hydroxyl groups excluding tert-OH is 1. The fourth-order valence-electron chi connectivity index (χ4n) is 7.75. The van der Waals surface area contributed by atoms with Crippen LogP contribution in [-0.2, 0) is 20.8 Å². The number of halogens is 1. The van der Waals surface area contributed by atoms with Gasteiger partial charge in [0.2, 0.25) is 17.7 Å². The second-order valence-electron chi connectivity index (χ2n) is 12.2. The molecule has 2 aromatic carbocycles. The van der Waals surface area contributed by atoms with Gasteiger partial charge in [0.05, 0.1) is 35.8 Å². The van der Waals surface area contributed by atoms with Crippen molar-refractivity contribution in [3.05, 3.63) is 60.2 Å². The van der Waals surface area contributed by atoms with E-state index in [1.807, 2.05) is 49.4 Å². The molecule has 1 saturated carbocycles. The lowest BCUT2D eigenvalue weighted by Crippen LogP contribution is -2.58. The van der Waals surface area contributed by atoms with Gasteiger partial charge in [-0.2, -0.15) is 0 Å². The van der Waals surface area contributed by atoms with E-state index in [9.17, 15) is 19.5 Å². The van der Waals surface area contributed by atoms with E-state index in [0.29, 0.717) is 25.1 Å². The van der Waals surface area contributed by atoms with Gasteiger partial charge in [0, 0.05) is 21.8 Å². The first-order valence-electron chi connectivity index (χ1n) is 15.5. The van der Waals surface area contributed by atoms with Crippen LogP contribution in [-0.4, -0.2) is 73.9 Å². The molecule has 3 saturated heterocycles. The molecule has 2 bridgehead atoms. The number of benzene rings is 2. The maximum Gasteiger partial charge on any atom is 0.244 e. The smallest absolute Gasteiger partial charge is 0.244 e. The lowest BCUT2D eigenvalue weighted by Gasteiger charge is -2.38. The Morgan fingerprint density at radius 2 is 1.81 bits per heavy atom. The average Bonchev–Trinajstić information content (AvgIpc) is 3.61. The number of anilines is 1. The quantitative estimate of drug-likeness (QED) is 0.321. The van der Waals surface area contributed by atoms with E-state index in [0.717, 1.165) is 37.0 Å². The number of alkyl halides is 1. The van der Waals surface area contributed by atoms with Crippen LogP contribution in [0.1, 0.15) is 51.0 Å². The largest absolute Gasteiger partial charge is 0.494 e. The van der Waals surface area contributed by atoms with E-state index in [-0.39, 0.29) is 40.4 Å². The summed E-state index contributed by atoms with van der Waals surface area (Å²) in [5.41, 5.74) is 1.61. The molecule has 3 N–H and O–H groups in total. The first kappa shape index (κ1) is 30.5. The minimum absolute atomic E-state index is 0.0238. The monoisotopic (exact) mass is 669 g/mol. The number of ether oxygens (including phenoxy) is 1. The lowest BCUT2D eigenvalue weighted by molar-refractivity contribution is -0.142. The van der Waals surface area contributed by atoms with Crippen LogP contribution in [0.3, 0.4) is 0 Å². The molecular weight excluding hydrogens is 630 g/mol. The second-order valence-corrected chi connectivity index (χ2v) is 14.9. The summed E-state index contributed by atoms with van der Waals surface area (Å²) in [7, 11) is 0. The van der Waals surface area contributed by atoms with Crippen LogP contribution < -0.4 is 15.4 Å². The minimum atomic E-state index is -0.772. The van der Waals surface area contributed by atoms with Crippen LogP contribution >= 0.6 is 27.7 Å². The van der Waals surface area contributed by atoms with E-state index in [2.05, 4.69) is 26.6 Å². The van der Waals surface area contributed by atoms with Gasteiger partial charge in [-0.25, -0.2) is 0 Å². The van der Waals surface area contributed by atoms with Gasteiger partial charge in [0.1, 0.15) is 11.8 Å². The van der Waals surface area contributed by atoms with Crippen LogP contribution in [0, 0.1) is 11.8 Å². The van der Waals surface area contributed by atoms with E-state index in [1.165, 1.54) is 6.42 Å². The Kier molecular flexibility index (Phi) is 9.08. The number of likely N-dealkylation sites (tertiary alicyclic amines) is 1. The average molecular weight is 671 g/mol. The number of nitrogens with one attached hydrogen (secondary N) is 2. The van der Waals surface area contributed by atoms with Crippen molar-refractivity contribution in [2.45, 2.75) is 84.8 Å². The Balaban J connectivity index is 1.33. The number of thioether (sulfide) groups is 1. The van der Waals surface area contributed by atoms with Crippen LogP contribution in [0.2, 0.25) is 0 Å². The van der Waals surface area contributed by atoms with Gasteiger partial charge in [-0.1, -0.05) is 65.5 Å². The van der Waals surface area contributed by atoms with Crippen LogP contribution in [0.4, 0.5) is 5.69 Å². The van der Waals surface area contributed by atoms with Crippen LogP contribution in [0.15, 0.2) is 54.6 Å². The topological polar surface area (TPSA) is 108 Å². The molecule has 230 valence electrons. The molecule has 43 heavy (non-hydrogen) atoms. The zero-order valence-corrected chi connectivity index (χ0v) is 26.8. The molecule has 4 fully saturated rings. The Morgan fingerprint density at radius 1 is 1.09 bits per heavy atom. The fourth-order valence-corrected chi connectivity index (χ4v) is 11.4. The SMILES string of the molecule is CCOc1ccc(NC(=O)[C@H]2[C@@H]3SC4(CC3Br)C(C(=O)NC3CCCCC3)N([C@@H](CO)Cc3ccccc3)C(=O)[C@H]24)cc1. The zero-order valence-electron chi connectivity index (χ0n) is 24.4. The van der Waals surface area contributed by atoms with Gasteiger partial charge in [-0.15, -0.1) is 11.8 Å². The minimum Gasteiger partial charge on any atom is -0.494 e. The summed E-state index contributed by atoms with van der Waals surface area (Å²) in [4.78, 5) is 44.5. The third-order valence-corrected chi connectivity index (χ3v) is 12.8. The number of rotatable bonds is 10. The second kappa shape index (κ2) is 12.8. The summed E-state index contributed by atoms with van der Waals surface area (Å²) in [6.45, 7) is 2.20. The molecule has 6 rings (SSSR count). The first-order chi connectivity index (χ1) is 20.9. The highest BCUT2D eigenvalue weighted by Gasteiger charge is 2.76. The Hall–Kier alpha value is -2.56. The first-order valence-corrected chi connectivity index (χ1v) is 17.3. The third-order valence-electron chi connectivity index (χ3n) is 9.58. The van der Waals surface area contributed by atoms with Gasteiger partial charge in [0.25, 0.3) is 0 Å². The number of fused-ring (bicyclic) bond motifs is 1. The van der Waals surface area contributed by atoms with Crippen molar-refractivity contribution in [2.75, 3.05) is 18.5 Å². The molecule has 0 radical (unpaired) electrons. The number of aliphatic hydroxyl groups is 1. The third kappa shape index (κ3) is 5.71. The van der Waals surface area contributed by atoms with Crippen molar-refractivity contribution in [2.24, 2.45) is 11.8 Å². The van der Waals surface area contributed by atoms with E-state index in [1.54, 1.807) is 28.8 Å². The van der Waals surface area contributed by atoms with Gasteiger partial charge < -0.3 is 25.4 Å². The molecule has 3 heterocycles. The molecule has 7 atom stereocenters. The van der Waals surface area contributed by atoms with Crippen LogP contribution in [0.25, 0.3) is 0 Å². The van der Waals surface area contributed by atoms with E-state index >= 15 is 0 Å². The van der Waals surface area contributed by atoms with Gasteiger partial charge in [0.15, 0.2) is 0 Å². The molecule has 3 aliphatic heterocycles. The molecule has 10 heteroatoms. The molecule has 4 aliphatic rings. The van der Waals surface area contributed by atoms with E-state index < -0.39 is 28.7 Å². The summed E-state index contributed by atoms with van der Waals surface area (Å²) >= 11 is 5.46. The number of nitrogens with zero attached hydrogens (tertiary/aromatic N) is 1. The maximum absolute atomic E-state index is 14.6. The van der Waals surface area contributed by atoms with Crippen molar-refractivity contribution < 1.29 is 24.2 Å². The molecule has 2 aromatic rings. The molecule has 1 spiro atoms. The highest BCUT2D eigenvalue weighted by Crippen LogP contribution is 2.68. The van der Waals surface area contributed by atoms with Crippen molar-refractivity contribution >= 4 is 51.1 Å². The Morgan fingerprint density at radius 3 is 2.49 bits per heavy atom. The highest BCUT2D eigenvalue weighted by molar-refractivity contribution is 9.09. The van der Waals surface area contributed by atoms with Gasteiger partial charge in [-0.05, 0) is 62.4 Å². The Labute approximate surface area is 265 Å². The van der Waals surface area contributed by atoms with Crippen molar-refractivity contribution in [3.63, 3.8) is 0 Å². The molecule has 0 aromatic heterocycles. The molecule has 8 nitrogen and oxygen atoms in total. The number of amides is 3. The highest BCUT2D eigenvalue weighted by atomic mass is 79.9. The standard InChI is InChI=1S/C33H40BrN3O5S/c1-2-42-24-15-13-22(14-16-24)35-30(39)26-27-32(41)37(23(19-38)17-20-9-5-3-6-10-20)29(33(27)18-25(34)28(26)43-33)31(40)36-21-11-7-4-8-12-21/h3,5-6,9-10,13-16,21,23,25-29,38H,2,4,7-8,11-12,17-19H2,1H3,(H,35,39)(H,36,40)/t23-,25?,26-,27+,28-,29?,33?/m1/s1. The fraction of sp³-hybridized carbons (Fsp3) is 0.545. The number of hydrogen-bond acceptors (Lipinski definition) is 6. The summed E-state index contributed by atoms with van der Waals surface area (Å²) in [6, 6.07) is 15.7. The Bertz CT molecular complexity index is 1320. The number of hydrogen-bond donors (Lipinski definition) is 3. The summed E-state index contributed by atoms with van der Waals surface area (Å²) in [5.74, 6) is -1.14. The number of carbonyl (C=O) groups excluding carboxylic acids is 3. The van der Waals surface area contributed by atoms with Crippen molar-refractivity contribution in [3.8, 4) is 5.75 Å².